The monoisotopic (exact) mass is 372 g/mol. The highest BCUT2D eigenvalue weighted by Crippen LogP contribution is 2.09. The Morgan fingerprint density at radius 1 is 0.810 bits per heavy atom. The van der Waals surface area contributed by atoms with E-state index < -0.39 is 53.8 Å². The average molecular weight is 372 g/mol. The number of halogens is 3. The van der Waals surface area contributed by atoms with Gasteiger partial charge in [-0.2, -0.15) is 25.3 Å². The highest BCUT2D eigenvalue weighted by molar-refractivity contribution is 7.87. The number of hydrogen-bond donors (Lipinski definition) is 0. The molecule has 0 spiro atoms. The lowest BCUT2D eigenvalue weighted by Crippen LogP contribution is -2.18. The molecule has 0 radical (unpaired) electrons. The molecule has 0 N–H and O–H groups in total. The summed E-state index contributed by atoms with van der Waals surface area (Å²) in [5, 5.41) is 0. The van der Waals surface area contributed by atoms with Crippen LogP contribution in [0.2, 0.25) is 0 Å². The van der Waals surface area contributed by atoms with Crippen molar-refractivity contribution >= 4 is 30.7 Å². The van der Waals surface area contributed by atoms with E-state index in [9.17, 15) is 36.9 Å². The summed E-state index contributed by atoms with van der Waals surface area (Å²) >= 11 is 0. The van der Waals surface area contributed by atoms with Crippen LogP contribution in [0, 0.1) is 5.92 Å². The van der Waals surface area contributed by atoms with E-state index >= 15 is 0 Å². The minimum atomic E-state index is -4.81. The lowest BCUT2D eigenvalue weighted by atomic mass is 10.2. The smallest absolute Gasteiger partial charge is 0.195 e. The Morgan fingerprint density at radius 2 is 1.19 bits per heavy atom. The molecule has 0 amide bonds. The third kappa shape index (κ3) is 21.6. The van der Waals surface area contributed by atoms with E-state index in [4.69, 9.17) is 0 Å². The van der Waals surface area contributed by atoms with Crippen molar-refractivity contribution in [2.24, 2.45) is 5.92 Å². The summed E-state index contributed by atoms with van der Waals surface area (Å²) in [5.74, 6) is -3.85. The molecule has 126 valence electrons. The second kappa shape index (κ2) is 9.20. The first-order valence-corrected chi connectivity index (χ1v) is 9.86. The molecule has 0 aliphatic heterocycles. The van der Waals surface area contributed by atoms with Gasteiger partial charge in [0, 0.05) is 5.92 Å². The summed E-state index contributed by atoms with van der Waals surface area (Å²) in [5.41, 5.74) is 0. The van der Waals surface area contributed by atoms with E-state index in [1.54, 1.807) is 0 Å². The largest absolute Gasteiger partial charge is 0.303 e. The van der Waals surface area contributed by atoms with Crippen molar-refractivity contribution in [1.29, 1.82) is 0 Å². The Labute approximate surface area is 123 Å². The maximum absolute atomic E-state index is 12.0. The molecular formula is C9H15F3O6S3. The van der Waals surface area contributed by atoms with E-state index in [2.05, 4.69) is 13.2 Å². The Balaban J connectivity index is 0. The summed E-state index contributed by atoms with van der Waals surface area (Å²) in [6, 6.07) is 0. The minimum absolute atomic E-state index is 0.179. The van der Waals surface area contributed by atoms with E-state index in [-0.39, 0.29) is 6.42 Å². The average Bonchev–Trinajstić information content (AvgIpc) is 2.21. The zero-order valence-electron chi connectivity index (χ0n) is 10.8. The molecule has 0 bridgehead atoms. The van der Waals surface area contributed by atoms with Gasteiger partial charge in [-0.1, -0.05) is 12.2 Å². The predicted molar refractivity (Wildman–Crippen MR) is 73.2 cm³/mol. The molecule has 6 nitrogen and oxygen atoms in total. The van der Waals surface area contributed by atoms with Gasteiger partial charge in [0.1, 0.15) is 0 Å². The normalized spacial score (nSPS) is 12.4. The zero-order valence-corrected chi connectivity index (χ0v) is 13.2. The molecule has 0 fully saturated rings. The summed E-state index contributed by atoms with van der Waals surface area (Å²) in [6.07, 6.45) is 2.42. The van der Waals surface area contributed by atoms with Gasteiger partial charge in [-0.25, -0.2) is 0 Å². The summed E-state index contributed by atoms with van der Waals surface area (Å²) < 4.78 is 95.1. The van der Waals surface area contributed by atoms with Crippen molar-refractivity contribution in [2.45, 2.75) is 6.42 Å². The molecule has 0 atom stereocenters. The third-order valence-corrected chi connectivity index (χ3v) is 4.10. The molecule has 0 aromatic carbocycles. The molecule has 0 aromatic rings. The minimum Gasteiger partial charge on any atom is -0.195 e. The SMILES string of the molecule is C=CC(CS(=O)(=O)F)CS(=O)(=O)F.C=CCCS(=O)(=O)F. The van der Waals surface area contributed by atoms with Gasteiger partial charge in [-0.15, -0.1) is 24.8 Å². The van der Waals surface area contributed by atoms with Gasteiger partial charge in [-0.05, 0) is 6.42 Å². The van der Waals surface area contributed by atoms with E-state index in [1.807, 2.05) is 0 Å². The van der Waals surface area contributed by atoms with E-state index in [0.717, 1.165) is 6.08 Å². The number of hydrogen-bond acceptors (Lipinski definition) is 6. The first-order chi connectivity index (χ1) is 9.20. The van der Waals surface area contributed by atoms with E-state index in [1.165, 1.54) is 6.08 Å². The predicted octanol–water partition coefficient (Wildman–Crippen LogP) is 1.25. The van der Waals surface area contributed by atoms with Crippen molar-refractivity contribution in [2.75, 3.05) is 17.3 Å². The first-order valence-electron chi connectivity index (χ1n) is 5.20. The number of rotatable bonds is 8. The Bertz CT molecular complexity index is 602. The molecular weight excluding hydrogens is 357 g/mol. The van der Waals surface area contributed by atoms with E-state index in [0.29, 0.717) is 0 Å². The topological polar surface area (TPSA) is 102 Å². The Kier molecular flexibility index (Phi) is 9.82. The van der Waals surface area contributed by atoms with Gasteiger partial charge < -0.3 is 0 Å². The summed E-state index contributed by atoms with van der Waals surface area (Å²) in [7, 11) is -13.9. The molecule has 0 rings (SSSR count). The Morgan fingerprint density at radius 3 is 1.33 bits per heavy atom. The van der Waals surface area contributed by atoms with Crippen LogP contribution in [0.4, 0.5) is 11.7 Å². The van der Waals surface area contributed by atoms with Crippen molar-refractivity contribution in [1.82, 2.24) is 0 Å². The quantitative estimate of drug-likeness (QED) is 0.469. The maximum atomic E-state index is 12.0. The molecule has 21 heavy (non-hydrogen) atoms. The fraction of sp³-hybridized carbons (Fsp3) is 0.556. The standard InChI is InChI=1S/C5H8F2O4S2.C4H7FO2S/c1-2-5(3-12(6,8)9)4-13(7,10)11;1-2-3-4-8(5,6)7/h2,5H,1,3-4H2;2H,1,3-4H2. The molecule has 0 heterocycles. The molecule has 0 aromatic heterocycles. The highest BCUT2D eigenvalue weighted by Gasteiger charge is 2.21. The molecule has 0 aliphatic carbocycles. The second-order valence-electron chi connectivity index (χ2n) is 3.73. The van der Waals surface area contributed by atoms with Crippen LogP contribution < -0.4 is 0 Å². The molecule has 0 unspecified atom stereocenters. The van der Waals surface area contributed by atoms with Crippen LogP contribution in [0.3, 0.4) is 0 Å². The Hall–Kier alpha value is -0.880. The lowest BCUT2D eigenvalue weighted by Gasteiger charge is -2.05. The lowest BCUT2D eigenvalue weighted by molar-refractivity contribution is 0.533. The van der Waals surface area contributed by atoms with Crippen LogP contribution in [0.5, 0.6) is 0 Å². The molecule has 0 saturated carbocycles. The van der Waals surface area contributed by atoms with Crippen molar-refractivity contribution < 1.29 is 36.9 Å². The fourth-order valence-electron chi connectivity index (χ4n) is 0.920. The van der Waals surface area contributed by atoms with Crippen LogP contribution in [0.25, 0.3) is 0 Å². The summed E-state index contributed by atoms with van der Waals surface area (Å²) in [6.45, 7) is 6.30. The zero-order chi connectivity index (χ0) is 17.3. The highest BCUT2D eigenvalue weighted by atomic mass is 32.3. The van der Waals surface area contributed by atoms with Gasteiger partial charge in [0.15, 0.2) is 0 Å². The van der Waals surface area contributed by atoms with Gasteiger partial charge in [0.2, 0.25) is 0 Å². The van der Waals surface area contributed by atoms with Crippen molar-refractivity contribution in [3.63, 3.8) is 0 Å². The van der Waals surface area contributed by atoms with Crippen molar-refractivity contribution in [3.05, 3.63) is 25.3 Å². The molecule has 0 aliphatic rings. The van der Waals surface area contributed by atoms with Crippen LogP contribution in [0.1, 0.15) is 6.42 Å². The third-order valence-electron chi connectivity index (χ3n) is 1.73. The van der Waals surface area contributed by atoms with Gasteiger partial charge >= 0.3 is 30.7 Å². The van der Waals surface area contributed by atoms with Gasteiger partial charge in [0.05, 0.1) is 17.3 Å². The van der Waals surface area contributed by atoms with Crippen LogP contribution in [-0.4, -0.2) is 42.5 Å². The first kappa shape index (κ1) is 22.4. The van der Waals surface area contributed by atoms with Crippen LogP contribution in [-0.2, 0) is 30.7 Å². The fourth-order valence-corrected chi connectivity index (χ4v) is 3.05. The second-order valence-corrected chi connectivity index (χ2v) is 8.04. The number of allylic oxidation sites excluding steroid dienone is 2. The van der Waals surface area contributed by atoms with Crippen molar-refractivity contribution in [3.8, 4) is 0 Å². The van der Waals surface area contributed by atoms with Crippen LogP contribution in [0.15, 0.2) is 25.3 Å². The summed E-state index contributed by atoms with van der Waals surface area (Å²) in [4.78, 5) is 0. The molecule has 12 heteroatoms. The maximum Gasteiger partial charge on any atom is 0.303 e. The molecule has 0 saturated heterocycles. The van der Waals surface area contributed by atoms with Gasteiger partial charge in [-0.3, -0.25) is 0 Å². The van der Waals surface area contributed by atoms with Crippen LogP contribution >= 0.6 is 0 Å². The van der Waals surface area contributed by atoms with Gasteiger partial charge in [0.25, 0.3) is 0 Å².